The van der Waals surface area contributed by atoms with Crippen LogP contribution in [0.2, 0.25) is 0 Å². The summed E-state index contributed by atoms with van der Waals surface area (Å²) in [6, 6.07) is 14.2. The first-order valence-corrected chi connectivity index (χ1v) is 13.0. The Morgan fingerprint density at radius 2 is 1.84 bits per heavy atom. The van der Waals surface area contributed by atoms with Crippen molar-refractivity contribution in [1.29, 1.82) is 0 Å². The predicted molar refractivity (Wildman–Crippen MR) is 125 cm³/mol. The van der Waals surface area contributed by atoms with Crippen molar-refractivity contribution in [2.75, 3.05) is 11.9 Å². The molecule has 1 fully saturated rings. The number of anilines is 1. The second-order valence-corrected chi connectivity index (χ2v) is 10.8. The Labute approximate surface area is 192 Å². The van der Waals surface area contributed by atoms with E-state index in [9.17, 15) is 13.2 Å². The third-order valence-electron chi connectivity index (χ3n) is 5.50. The fraction of sp³-hybridized carbons (Fsp3) is 0.348. The summed E-state index contributed by atoms with van der Waals surface area (Å²) in [6.07, 6.45) is 3.33. The lowest BCUT2D eigenvalue weighted by Gasteiger charge is -2.22. The minimum Gasteiger partial charge on any atom is -0.320 e. The number of benzene rings is 2. The summed E-state index contributed by atoms with van der Waals surface area (Å²) in [5, 5.41) is 11.8. The van der Waals surface area contributed by atoms with Crippen LogP contribution in [0.1, 0.15) is 58.2 Å². The molecule has 2 heterocycles. The van der Waals surface area contributed by atoms with Crippen LogP contribution in [-0.2, 0) is 16.4 Å². The van der Waals surface area contributed by atoms with Gasteiger partial charge in [-0.15, -0.1) is 10.2 Å². The van der Waals surface area contributed by atoms with Crippen LogP contribution < -0.4 is 5.32 Å². The summed E-state index contributed by atoms with van der Waals surface area (Å²) in [5.41, 5.74) is 2.90. The number of rotatable bonds is 7. The van der Waals surface area contributed by atoms with Crippen molar-refractivity contribution in [1.82, 2.24) is 14.5 Å². The van der Waals surface area contributed by atoms with Gasteiger partial charge < -0.3 is 5.32 Å². The molecule has 0 radical (unpaired) electrons. The molecule has 0 unspecified atom stereocenters. The van der Waals surface area contributed by atoms with Gasteiger partial charge in [-0.25, -0.2) is 8.42 Å². The van der Waals surface area contributed by atoms with Gasteiger partial charge in [0.15, 0.2) is 0 Å². The van der Waals surface area contributed by atoms with Gasteiger partial charge in [-0.05, 0) is 56.0 Å². The summed E-state index contributed by atoms with van der Waals surface area (Å²) in [7, 11) is -3.66. The van der Waals surface area contributed by atoms with Crippen molar-refractivity contribution >= 4 is 33.0 Å². The Morgan fingerprint density at radius 3 is 2.53 bits per heavy atom. The van der Waals surface area contributed by atoms with E-state index in [1.54, 1.807) is 12.1 Å². The lowest BCUT2D eigenvalue weighted by Crippen LogP contribution is -2.30. The number of nitrogens with one attached hydrogen (secondary N) is 1. The van der Waals surface area contributed by atoms with Crippen molar-refractivity contribution in [2.45, 2.75) is 50.5 Å². The molecule has 0 saturated carbocycles. The van der Waals surface area contributed by atoms with Crippen LogP contribution in [0.3, 0.4) is 0 Å². The number of hydrogen-bond donors (Lipinski definition) is 1. The molecular formula is C23H26N4O3S2. The third-order valence-corrected chi connectivity index (χ3v) is 8.45. The average molecular weight is 471 g/mol. The Kier molecular flexibility index (Phi) is 6.68. The third kappa shape index (κ3) is 4.74. The van der Waals surface area contributed by atoms with Crippen molar-refractivity contribution in [3.8, 4) is 0 Å². The summed E-state index contributed by atoms with van der Waals surface area (Å²) < 4.78 is 28.1. The van der Waals surface area contributed by atoms with Crippen LogP contribution in [0.25, 0.3) is 0 Å². The maximum absolute atomic E-state index is 13.3. The Hall–Kier alpha value is -2.62. The van der Waals surface area contributed by atoms with Gasteiger partial charge in [-0.2, -0.15) is 4.31 Å². The molecule has 1 aromatic heterocycles. The molecule has 7 nitrogen and oxygen atoms in total. The molecule has 1 atom stereocenters. The van der Waals surface area contributed by atoms with Crippen LogP contribution in [0.4, 0.5) is 5.69 Å². The number of amides is 1. The first kappa shape index (κ1) is 22.6. The highest BCUT2D eigenvalue weighted by molar-refractivity contribution is 7.89. The normalized spacial score (nSPS) is 16.9. The monoisotopic (exact) mass is 470 g/mol. The van der Waals surface area contributed by atoms with Gasteiger partial charge in [0.05, 0.1) is 10.9 Å². The van der Waals surface area contributed by atoms with Crippen molar-refractivity contribution in [2.24, 2.45) is 0 Å². The molecule has 9 heteroatoms. The molecule has 3 aromatic rings. The smallest absolute Gasteiger partial charge is 0.286 e. The van der Waals surface area contributed by atoms with Crippen LogP contribution in [0.15, 0.2) is 53.4 Å². The number of sulfonamides is 1. The van der Waals surface area contributed by atoms with Gasteiger partial charge >= 0.3 is 0 Å². The second kappa shape index (κ2) is 9.48. The maximum Gasteiger partial charge on any atom is 0.286 e. The lowest BCUT2D eigenvalue weighted by molar-refractivity contribution is 0.102. The van der Waals surface area contributed by atoms with Crippen molar-refractivity contribution in [3.63, 3.8) is 0 Å². The largest absolute Gasteiger partial charge is 0.320 e. The van der Waals surface area contributed by atoms with E-state index in [4.69, 9.17) is 0 Å². The van der Waals surface area contributed by atoms with Gasteiger partial charge in [0.2, 0.25) is 15.0 Å². The minimum atomic E-state index is -3.66. The quantitative estimate of drug-likeness (QED) is 0.546. The highest BCUT2D eigenvalue weighted by Crippen LogP contribution is 2.37. The number of carbonyl (C=O) groups is 1. The van der Waals surface area contributed by atoms with E-state index < -0.39 is 16.1 Å². The topological polar surface area (TPSA) is 92.3 Å². The number of aromatic nitrogens is 2. The van der Waals surface area contributed by atoms with Gasteiger partial charge in [0.1, 0.15) is 5.01 Å². The molecule has 1 aliphatic rings. The lowest BCUT2D eigenvalue weighted by atomic mass is 10.1. The standard InChI is InChI=1S/C23H26N4O3S2/c1-3-5-17-9-13-19(14-10-17)32(29,30)27-15-4-6-20(27)22-25-26-23(31-22)21(28)24-18-11-7-16(2)8-12-18/h7-14,20H,3-6,15H2,1-2H3,(H,24,28)/t20-/m0/s1. The van der Waals surface area contributed by atoms with E-state index in [0.29, 0.717) is 23.7 Å². The van der Waals surface area contributed by atoms with Crippen LogP contribution in [0.5, 0.6) is 0 Å². The predicted octanol–water partition coefficient (Wildman–Crippen LogP) is 4.58. The van der Waals surface area contributed by atoms with Gasteiger partial charge in [0, 0.05) is 12.2 Å². The van der Waals surface area contributed by atoms with E-state index >= 15 is 0 Å². The van der Waals surface area contributed by atoms with E-state index in [-0.39, 0.29) is 15.8 Å². The molecule has 168 valence electrons. The Morgan fingerprint density at radius 1 is 1.12 bits per heavy atom. The molecular weight excluding hydrogens is 444 g/mol. The summed E-state index contributed by atoms with van der Waals surface area (Å²) in [6.45, 7) is 4.49. The Bertz CT molecular complexity index is 1190. The highest BCUT2D eigenvalue weighted by atomic mass is 32.2. The summed E-state index contributed by atoms with van der Waals surface area (Å²) in [5.74, 6) is -0.350. The van der Waals surface area contributed by atoms with E-state index in [2.05, 4.69) is 22.4 Å². The molecule has 4 rings (SSSR count). The molecule has 1 N–H and O–H groups in total. The fourth-order valence-electron chi connectivity index (χ4n) is 3.81. The number of hydrogen-bond acceptors (Lipinski definition) is 6. The zero-order valence-electron chi connectivity index (χ0n) is 18.1. The summed E-state index contributed by atoms with van der Waals surface area (Å²) >= 11 is 1.14. The average Bonchev–Trinajstić information content (AvgIpc) is 3.46. The minimum absolute atomic E-state index is 0.216. The molecule has 1 aliphatic heterocycles. The Balaban J connectivity index is 1.51. The van der Waals surface area contributed by atoms with E-state index in [0.717, 1.165) is 41.7 Å². The van der Waals surface area contributed by atoms with Crippen LogP contribution in [-0.4, -0.2) is 35.4 Å². The van der Waals surface area contributed by atoms with Crippen molar-refractivity contribution < 1.29 is 13.2 Å². The number of aryl methyl sites for hydroxylation is 2. The molecule has 0 aliphatic carbocycles. The fourth-order valence-corrected chi connectivity index (χ4v) is 6.42. The zero-order chi connectivity index (χ0) is 22.7. The van der Waals surface area contributed by atoms with Crippen LogP contribution >= 0.6 is 11.3 Å². The van der Waals surface area contributed by atoms with E-state index in [1.807, 2.05) is 43.3 Å². The van der Waals surface area contributed by atoms with E-state index in [1.165, 1.54) is 4.31 Å². The molecule has 1 amide bonds. The number of carbonyl (C=O) groups excluding carboxylic acids is 1. The highest BCUT2D eigenvalue weighted by Gasteiger charge is 2.38. The molecule has 32 heavy (non-hydrogen) atoms. The molecule has 2 aromatic carbocycles. The van der Waals surface area contributed by atoms with Gasteiger partial charge in [-0.3, -0.25) is 4.79 Å². The second-order valence-electron chi connectivity index (χ2n) is 7.93. The first-order valence-electron chi connectivity index (χ1n) is 10.7. The SMILES string of the molecule is CCCc1ccc(S(=O)(=O)N2CCC[C@H]2c2nnc(C(=O)Nc3ccc(C)cc3)s2)cc1. The zero-order valence-corrected chi connectivity index (χ0v) is 19.7. The number of nitrogens with zero attached hydrogens (tertiary/aromatic N) is 3. The first-order chi connectivity index (χ1) is 15.4. The van der Waals surface area contributed by atoms with Gasteiger partial charge in [0.25, 0.3) is 5.91 Å². The summed E-state index contributed by atoms with van der Waals surface area (Å²) in [4.78, 5) is 12.9. The van der Waals surface area contributed by atoms with Gasteiger partial charge in [-0.1, -0.05) is 54.5 Å². The molecule has 0 bridgehead atoms. The molecule has 0 spiro atoms. The van der Waals surface area contributed by atoms with Crippen molar-refractivity contribution in [3.05, 3.63) is 69.7 Å². The molecule has 1 saturated heterocycles. The maximum atomic E-state index is 13.3. The van der Waals surface area contributed by atoms with Crippen LogP contribution in [0, 0.1) is 6.92 Å².